The first-order valence-electron chi connectivity index (χ1n) is 7.56. The number of amides is 1. The molecule has 3 aliphatic rings. The zero-order valence-corrected chi connectivity index (χ0v) is 12.4. The zero-order valence-electron chi connectivity index (χ0n) is 11.6. The fourth-order valence-electron chi connectivity index (χ4n) is 3.74. The van der Waals surface area contributed by atoms with Gasteiger partial charge in [0.1, 0.15) is 0 Å². The topological polar surface area (TPSA) is 23.6 Å². The minimum absolute atomic E-state index is 0.372. The summed E-state index contributed by atoms with van der Waals surface area (Å²) in [5, 5.41) is 0.691. The Hall–Kier alpha value is -1.00. The Balaban J connectivity index is 1.36. The van der Waals surface area contributed by atoms with Crippen LogP contribution in [0.5, 0.6) is 0 Å². The van der Waals surface area contributed by atoms with Crippen LogP contribution in [0.2, 0.25) is 0 Å². The number of nitrogens with zero attached hydrogens (tertiary/aromatic N) is 2. The highest BCUT2D eigenvalue weighted by Crippen LogP contribution is 2.37. The molecule has 20 heavy (non-hydrogen) atoms. The summed E-state index contributed by atoms with van der Waals surface area (Å²) in [5.41, 5.74) is 1.51. The molecule has 106 valence electrons. The second-order valence-electron chi connectivity index (χ2n) is 6.09. The van der Waals surface area contributed by atoms with Gasteiger partial charge in [-0.05, 0) is 24.5 Å². The van der Waals surface area contributed by atoms with Crippen LogP contribution in [0.3, 0.4) is 0 Å². The summed E-state index contributed by atoms with van der Waals surface area (Å²) in [6.45, 7) is 4.24. The van der Waals surface area contributed by atoms with Gasteiger partial charge in [0.2, 0.25) is 5.91 Å². The number of benzene rings is 1. The van der Waals surface area contributed by atoms with E-state index in [9.17, 15) is 4.79 Å². The lowest BCUT2D eigenvalue weighted by atomic mass is 10.1. The summed E-state index contributed by atoms with van der Waals surface area (Å²) in [6.07, 6.45) is 3.03. The van der Waals surface area contributed by atoms with Crippen molar-refractivity contribution in [3.63, 3.8) is 0 Å². The highest BCUT2D eigenvalue weighted by atomic mass is 32.2. The molecule has 0 bridgehead atoms. The van der Waals surface area contributed by atoms with Crippen LogP contribution < -0.4 is 0 Å². The molecule has 0 saturated carbocycles. The Bertz CT molecular complexity index is 508. The Morgan fingerprint density at radius 1 is 1.25 bits per heavy atom. The molecule has 2 saturated heterocycles. The Labute approximate surface area is 124 Å². The van der Waals surface area contributed by atoms with E-state index in [1.165, 1.54) is 16.9 Å². The third kappa shape index (κ3) is 2.25. The van der Waals surface area contributed by atoms with E-state index in [4.69, 9.17) is 0 Å². The normalized spacial score (nSPS) is 29.6. The van der Waals surface area contributed by atoms with E-state index >= 15 is 0 Å². The Morgan fingerprint density at radius 3 is 3.05 bits per heavy atom. The van der Waals surface area contributed by atoms with Gasteiger partial charge in [-0.1, -0.05) is 18.2 Å². The van der Waals surface area contributed by atoms with Gasteiger partial charge in [-0.2, -0.15) is 0 Å². The van der Waals surface area contributed by atoms with E-state index in [2.05, 4.69) is 34.1 Å². The number of hydrogen-bond acceptors (Lipinski definition) is 3. The molecule has 3 nitrogen and oxygen atoms in total. The van der Waals surface area contributed by atoms with E-state index in [0.29, 0.717) is 17.2 Å². The molecule has 1 aromatic carbocycles. The standard InChI is InChI=1S/C16H20N2OS/c19-16-6-5-13-10-17(7-8-18(13)16)11-14-9-12-3-1-2-4-15(12)20-14/h1-4,13-14H,5-11H2. The third-order valence-electron chi connectivity index (χ3n) is 4.75. The van der Waals surface area contributed by atoms with E-state index in [1.54, 1.807) is 0 Å². The van der Waals surface area contributed by atoms with Gasteiger partial charge in [0, 0.05) is 48.8 Å². The second kappa shape index (κ2) is 5.08. The molecule has 0 N–H and O–H groups in total. The molecule has 1 aromatic rings. The molecular weight excluding hydrogens is 268 g/mol. The van der Waals surface area contributed by atoms with Crippen molar-refractivity contribution < 1.29 is 4.79 Å². The van der Waals surface area contributed by atoms with Crippen LogP contribution in [0.4, 0.5) is 0 Å². The zero-order chi connectivity index (χ0) is 13.5. The van der Waals surface area contributed by atoms with Crippen LogP contribution in [-0.4, -0.2) is 53.2 Å². The molecule has 2 atom stereocenters. The molecular formula is C16H20N2OS. The Kier molecular flexibility index (Phi) is 3.23. The van der Waals surface area contributed by atoms with Crippen molar-refractivity contribution >= 4 is 17.7 Å². The van der Waals surface area contributed by atoms with Crippen LogP contribution >= 0.6 is 11.8 Å². The van der Waals surface area contributed by atoms with E-state index in [1.807, 2.05) is 11.8 Å². The number of fused-ring (bicyclic) bond motifs is 2. The predicted octanol–water partition coefficient (Wildman–Crippen LogP) is 2.01. The first-order chi connectivity index (χ1) is 9.79. The minimum Gasteiger partial charge on any atom is -0.337 e. The lowest BCUT2D eigenvalue weighted by Crippen LogP contribution is -2.52. The first kappa shape index (κ1) is 12.7. The van der Waals surface area contributed by atoms with Gasteiger partial charge in [-0.3, -0.25) is 9.69 Å². The number of carbonyl (C=O) groups is 1. The fourth-order valence-corrected chi connectivity index (χ4v) is 5.11. The third-order valence-corrected chi connectivity index (χ3v) is 6.06. The smallest absolute Gasteiger partial charge is 0.222 e. The molecule has 4 rings (SSSR count). The van der Waals surface area contributed by atoms with E-state index in [0.717, 1.165) is 39.0 Å². The molecule has 0 aliphatic carbocycles. The van der Waals surface area contributed by atoms with Crippen molar-refractivity contribution in [2.24, 2.45) is 0 Å². The van der Waals surface area contributed by atoms with Crippen molar-refractivity contribution in [2.45, 2.75) is 35.4 Å². The van der Waals surface area contributed by atoms with E-state index in [-0.39, 0.29) is 0 Å². The van der Waals surface area contributed by atoms with Crippen LogP contribution in [0, 0.1) is 0 Å². The minimum atomic E-state index is 0.372. The fraction of sp³-hybridized carbons (Fsp3) is 0.562. The lowest BCUT2D eigenvalue weighted by molar-refractivity contribution is -0.130. The SMILES string of the molecule is O=C1CCC2CN(CC3Cc4ccccc4S3)CCN12. The highest BCUT2D eigenvalue weighted by Gasteiger charge is 2.36. The molecule has 0 radical (unpaired) electrons. The monoisotopic (exact) mass is 288 g/mol. The van der Waals surface area contributed by atoms with Crippen LogP contribution in [0.25, 0.3) is 0 Å². The molecule has 1 amide bonds. The summed E-state index contributed by atoms with van der Waals surface area (Å²) in [7, 11) is 0. The first-order valence-corrected chi connectivity index (χ1v) is 8.44. The second-order valence-corrected chi connectivity index (χ2v) is 7.43. The van der Waals surface area contributed by atoms with Gasteiger partial charge in [0.25, 0.3) is 0 Å². The number of thioether (sulfide) groups is 1. The predicted molar refractivity (Wildman–Crippen MR) is 81.0 cm³/mol. The maximum absolute atomic E-state index is 11.7. The molecule has 2 fully saturated rings. The van der Waals surface area contributed by atoms with Gasteiger partial charge >= 0.3 is 0 Å². The molecule has 2 unspecified atom stereocenters. The number of hydrogen-bond donors (Lipinski definition) is 0. The van der Waals surface area contributed by atoms with Crippen LogP contribution in [0.1, 0.15) is 18.4 Å². The van der Waals surface area contributed by atoms with E-state index < -0.39 is 0 Å². The van der Waals surface area contributed by atoms with Gasteiger partial charge in [0.15, 0.2) is 0 Å². The average Bonchev–Trinajstić information content (AvgIpc) is 3.02. The van der Waals surface area contributed by atoms with Gasteiger partial charge in [-0.25, -0.2) is 0 Å². The Morgan fingerprint density at radius 2 is 2.15 bits per heavy atom. The van der Waals surface area contributed by atoms with Crippen molar-refractivity contribution in [3.05, 3.63) is 29.8 Å². The number of carbonyl (C=O) groups excluding carboxylic acids is 1. The molecule has 4 heteroatoms. The van der Waals surface area contributed by atoms with Crippen molar-refractivity contribution in [1.82, 2.24) is 9.80 Å². The van der Waals surface area contributed by atoms with Gasteiger partial charge < -0.3 is 4.90 Å². The average molecular weight is 288 g/mol. The summed E-state index contributed by atoms with van der Waals surface area (Å²) >= 11 is 2.03. The van der Waals surface area contributed by atoms with Crippen molar-refractivity contribution in [3.8, 4) is 0 Å². The molecule has 0 aromatic heterocycles. The summed E-state index contributed by atoms with van der Waals surface area (Å²) in [4.78, 5) is 17.9. The summed E-state index contributed by atoms with van der Waals surface area (Å²) in [6, 6.07) is 9.27. The van der Waals surface area contributed by atoms with Crippen molar-refractivity contribution in [2.75, 3.05) is 26.2 Å². The quantitative estimate of drug-likeness (QED) is 0.832. The molecule has 0 spiro atoms. The maximum atomic E-state index is 11.7. The summed E-state index contributed by atoms with van der Waals surface area (Å²) < 4.78 is 0. The van der Waals surface area contributed by atoms with Gasteiger partial charge in [0.05, 0.1) is 0 Å². The van der Waals surface area contributed by atoms with Gasteiger partial charge in [-0.15, -0.1) is 11.8 Å². The van der Waals surface area contributed by atoms with Crippen molar-refractivity contribution in [1.29, 1.82) is 0 Å². The lowest BCUT2D eigenvalue weighted by Gasteiger charge is -2.38. The van der Waals surface area contributed by atoms with Crippen LogP contribution in [0.15, 0.2) is 29.2 Å². The number of piperazine rings is 1. The maximum Gasteiger partial charge on any atom is 0.222 e. The number of rotatable bonds is 2. The molecule has 3 heterocycles. The van der Waals surface area contributed by atoms with Crippen LogP contribution in [-0.2, 0) is 11.2 Å². The molecule has 3 aliphatic heterocycles. The summed E-state index contributed by atoms with van der Waals surface area (Å²) in [5.74, 6) is 0.372. The largest absolute Gasteiger partial charge is 0.337 e. The highest BCUT2D eigenvalue weighted by molar-refractivity contribution is 8.00.